The summed E-state index contributed by atoms with van der Waals surface area (Å²) >= 11 is 0. The van der Waals surface area contributed by atoms with Crippen molar-refractivity contribution in [2.45, 2.75) is 0 Å². The minimum absolute atomic E-state index is 0.0243. The van der Waals surface area contributed by atoms with Gasteiger partial charge in [0.2, 0.25) is 11.7 Å². The molecule has 1 aromatic heterocycles. The lowest BCUT2D eigenvalue weighted by atomic mass is 10.1. The van der Waals surface area contributed by atoms with E-state index < -0.39 is 0 Å². The highest BCUT2D eigenvalue weighted by Crippen LogP contribution is 2.38. The third kappa shape index (κ3) is 5.30. The lowest BCUT2D eigenvalue weighted by Gasteiger charge is -2.12. The lowest BCUT2D eigenvalue weighted by molar-refractivity contribution is -0.111. The second kappa shape index (κ2) is 10.5. The second-order valence-corrected chi connectivity index (χ2v) is 7.68. The molecule has 35 heavy (non-hydrogen) atoms. The zero-order valence-corrected chi connectivity index (χ0v) is 19.7. The Morgan fingerprint density at radius 3 is 2.31 bits per heavy atom. The first kappa shape index (κ1) is 23.5. The van der Waals surface area contributed by atoms with Crippen LogP contribution in [0.1, 0.15) is 16.7 Å². The molecule has 0 aliphatic rings. The molecule has 0 unspecified atom stereocenters. The molecule has 1 heterocycles. The maximum Gasteiger partial charge on any atom is 0.248 e. The number of phenols is 1. The number of anilines is 1. The van der Waals surface area contributed by atoms with E-state index in [-0.39, 0.29) is 11.7 Å². The number of nitrogens with one attached hydrogen (secondary N) is 2. The molecule has 7 heteroatoms. The molecule has 0 atom stereocenters. The Labute approximate surface area is 203 Å². The normalized spacial score (nSPS) is 11.3. The van der Waals surface area contributed by atoms with Crippen molar-refractivity contribution in [3.05, 3.63) is 83.6 Å². The Bertz CT molecular complexity index is 1390. The van der Waals surface area contributed by atoms with E-state index in [0.29, 0.717) is 22.9 Å². The van der Waals surface area contributed by atoms with Gasteiger partial charge in [-0.1, -0.05) is 36.4 Å². The van der Waals surface area contributed by atoms with Gasteiger partial charge in [0.15, 0.2) is 11.5 Å². The van der Waals surface area contributed by atoms with E-state index in [1.54, 1.807) is 39.5 Å². The van der Waals surface area contributed by atoms with Crippen molar-refractivity contribution in [3.63, 3.8) is 0 Å². The highest BCUT2D eigenvalue weighted by molar-refractivity contribution is 6.04. The summed E-state index contributed by atoms with van der Waals surface area (Å²) in [6.07, 6.45) is 8.75. The Morgan fingerprint density at radius 1 is 0.886 bits per heavy atom. The maximum absolute atomic E-state index is 12.5. The van der Waals surface area contributed by atoms with Gasteiger partial charge in [-0.2, -0.15) is 0 Å². The number of methoxy groups -OCH3 is 3. The third-order valence-electron chi connectivity index (χ3n) is 5.47. The van der Waals surface area contributed by atoms with Gasteiger partial charge in [-0.25, -0.2) is 0 Å². The Morgan fingerprint density at radius 2 is 1.60 bits per heavy atom. The Hall–Kier alpha value is -4.65. The largest absolute Gasteiger partial charge is 0.506 e. The van der Waals surface area contributed by atoms with E-state index in [2.05, 4.69) is 10.3 Å². The van der Waals surface area contributed by atoms with Gasteiger partial charge in [-0.05, 0) is 53.1 Å². The predicted molar refractivity (Wildman–Crippen MR) is 139 cm³/mol. The van der Waals surface area contributed by atoms with Gasteiger partial charge in [0.25, 0.3) is 0 Å². The van der Waals surface area contributed by atoms with Crippen molar-refractivity contribution < 1.29 is 24.1 Å². The average Bonchev–Trinajstić information content (AvgIpc) is 3.30. The molecule has 0 fully saturated rings. The number of amides is 1. The molecule has 3 N–H and O–H groups in total. The number of fused-ring (bicyclic) bond motifs is 1. The number of rotatable bonds is 8. The highest BCUT2D eigenvalue weighted by Gasteiger charge is 2.12. The highest BCUT2D eigenvalue weighted by atomic mass is 16.5. The van der Waals surface area contributed by atoms with E-state index in [0.717, 1.165) is 27.6 Å². The number of aromatic nitrogens is 1. The number of aromatic amines is 1. The van der Waals surface area contributed by atoms with Gasteiger partial charge >= 0.3 is 0 Å². The molecule has 4 rings (SSSR count). The van der Waals surface area contributed by atoms with Gasteiger partial charge in [0.1, 0.15) is 5.75 Å². The van der Waals surface area contributed by atoms with E-state index >= 15 is 0 Å². The molecular weight excluding hydrogens is 444 g/mol. The molecule has 0 spiro atoms. The van der Waals surface area contributed by atoms with Crippen LogP contribution in [0, 0.1) is 0 Å². The van der Waals surface area contributed by atoms with Crippen molar-refractivity contribution in [3.8, 4) is 23.0 Å². The number of ether oxygens (including phenoxy) is 3. The fraction of sp³-hybridized carbons (Fsp3) is 0.107. The minimum Gasteiger partial charge on any atom is -0.506 e. The predicted octanol–water partition coefficient (Wildman–Crippen LogP) is 5.72. The van der Waals surface area contributed by atoms with Crippen molar-refractivity contribution in [2.24, 2.45) is 0 Å². The molecule has 3 aromatic carbocycles. The monoisotopic (exact) mass is 470 g/mol. The van der Waals surface area contributed by atoms with E-state index in [1.165, 1.54) is 12.1 Å². The van der Waals surface area contributed by atoms with Crippen molar-refractivity contribution in [1.82, 2.24) is 4.98 Å². The average molecular weight is 471 g/mol. The number of carbonyl (C=O) groups excluding carboxylic acids is 1. The Kier molecular flexibility index (Phi) is 7.07. The molecule has 0 saturated heterocycles. The molecule has 0 aliphatic heterocycles. The van der Waals surface area contributed by atoms with Crippen LogP contribution >= 0.6 is 0 Å². The van der Waals surface area contributed by atoms with Crippen LogP contribution in [-0.2, 0) is 4.79 Å². The van der Waals surface area contributed by atoms with E-state index in [4.69, 9.17) is 14.2 Å². The topological polar surface area (TPSA) is 92.8 Å². The summed E-state index contributed by atoms with van der Waals surface area (Å²) in [6, 6.07) is 16.5. The summed E-state index contributed by atoms with van der Waals surface area (Å²) in [6.45, 7) is 0. The number of carbonyl (C=O) groups is 1. The first-order valence-corrected chi connectivity index (χ1v) is 10.9. The maximum atomic E-state index is 12.5. The van der Waals surface area contributed by atoms with Crippen LogP contribution < -0.4 is 19.5 Å². The number of phenolic OH excluding ortho intramolecular Hbond substituents is 1. The van der Waals surface area contributed by atoms with Crippen molar-refractivity contribution in [2.75, 3.05) is 26.6 Å². The van der Waals surface area contributed by atoms with Crippen molar-refractivity contribution in [1.29, 1.82) is 0 Å². The first-order valence-electron chi connectivity index (χ1n) is 10.9. The molecule has 178 valence electrons. The van der Waals surface area contributed by atoms with Gasteiger partial charge in [-0.15, -0.1) is 0 Å². The molecule has 0 saturated carbocycles. The smallest absolute Gasteiger partial charge is 0.248 e. The van der Waals surface area contributed by atoms with E-state index in [9.17, 15) is 9.90 Å². The van der Waals surface area contributed by atoms with Crippen LogP contribution in [0.3, 0.4) is 0 Å². The fourth-order valence-corrected chi connectivity index (χ4v) is 3.72. The number of H-pyrrole nitrogens is 1. The summed E-state index contributed by atoms with van der Waals surface area (Å²) < 4.78 is 16.1. The third-order valence-corrected chi connectivity index (χ3v) is 5.47. The molecule has 1 amide bonds. The van der Waals surface area contributed by atoms with Crippen LogP contribution in [0.5, 0.6) is 23.0 Å². The summed E-state index contributed by atoms with van der Waals surface area (Å²) in [5.74, 6) is 1.24. The molecule has 4 aromatic rings. The summed E-state index contributed by atoms with van der Waals surface area (Å²) in [4.78, 5) is 15.7. The van der Waals surface area contributed by atoms with Crippen molar-refractivity contribution >= 4 is 40.7 Å². The van der Waals surface area contributed by atoms with Gasteiger partial charge in [0.05, 0.1) is 27.0 Å². The molecular formula is C28H26N2O5. The fourth-order valence-electron chi connectivity index (χ4n) is 3.72. The molecule has 0 radical (unpaired) electrons. The SMILES string of the molecule is COc1cc(/C=C/c2ccc(O)c(NC(=O)/C=C/c3c[nH]c4ccccc34)c2)cc(OC)c1OC. The van der Waals surface area contributed by atoms with Gasteiger partial charge < -0.3 is 29.6 Å². The first-order chi connectivity index (χ1) is 17.0. The summed E-state index contributed by atoms with van der Waals surface area (Å²) in [5, 5.41) is 14.0. The quantitative estimate of drug-likeness (QED) is 0.174. The van der Waals surface area contributed by atoms with Crippen LogP contribution in [0.2, 0.25) is 0 Å². The number of hydrogen-bond donors (Lipinski definition) is 3. The van der Waals surface area contributed by atoms with Gasteiger partial charge in [-0.3, -0.25) is 4.79 Å². The van der Waals surface area contributed by atoms with E-state index in [1.807, 2.05) is 54.7 Å². The lowest BCUT2D eigenvalue weighted by Crippen LogP contribution is -2.08. The molecule has 0 bridgehead atoms. The molecule has 7 nitrogen and oxygen atoms in total. The summed E-state index contributed by atoms with van der Waals surface area (Å²) in [5.41, 5.74) is 3.83. The molecule has 0 aliphatic carbocycles. The minimum atomic E-state index is -0.351. The number of hydrogen-bond acceptors (Lipinski definition) is 5. The summed E-state index contributed by atoms with van der Waals surface area (Å²) in [7, 11) is 4.68. The van der Waals surface area contributed by atoms with Gasteiger partial charge in [0, 0.05) is 23.2 Å². The second-order valence-electron chi connectivity index (χ2n) is 7.68. The van der Waals surface area contributed by atoms with Crippen LogP contribution in [0.15, 0.2) is 66.9 Å². The zero-order valence-electron chi connectivity index (χ0n) is 19.7. The van der Waals surface area contributed by atoms with Crippen LogP contribution in [0.25, 0.3) is 29.1 Å². The Balaban J connectivity index is 1.51. The number of benzene rings is 3. The standard InChI is InChI=1S/C28H26N2O5/c1-33-25-15-19(16-26(34-2)28(25)35-3)9-8-18-10-12-24(31)23(14-18)30-27(32)13-11-20-17-29-22-7-5-4-6-21(20)22/h4-17,29,31H,1-3H3,(H,30,32)/b9-8+,13-11+. The number of para-hydroxylation sites is 1. The zero-order chi connectivity index (χ0) is 24.8. The number of aromatic hydroxyl groups is 1. The van der Waals surface area contributed by atoms with Crippen LogP contribution in [-0.4, -0.2) is 37.3 Å². The van der Waals surface area contributed by atoms with Crippen LogP contribution in [0.4, 0.5) is 5.69 Å².